The Morgan fingerprint density at radius 3 is 2.50 bits per heavy atom. The number of amides is 1. The Kier molecular flexibility index (Phi) is 5.48. The third-order valence-corrected chi connectivity index (χ3v) is 4.42. The number of halogens is 2. The van der Waals surface area contributed by atoms with E-state index >= 15 is 0 Å². The number of benzene rings is 2. The summed E-state index contributed by atoms with van der Waals surface area (Å²) in [5, 5.41) is 4.17. The molecular formula is C18H18Cl2N2O2. The molecule has 6 heteroatoms. The Hall–Kier alpha value is -1.91. The topological polar surface area (TPSA) is 41.6 Å². The van der Waals surface area contributed by atoms with Crippen LogP contribution < -0.4 is 15.0 Å². The second-order valence-corrected chi connectivity index (χ2v) is 6.46. The third kappa shape index (κ3) is 4.13. The van der Waals surface area contributed by atoms with Gasteiger partial charge in [-0.25, -0.2) is 0 Å². The van der Waals surface area contributed by atoms with Crippen molar-refractivity contribution in [2.45, 2.75) is 12.8 Å². The number of para-hydroxylation sites is 1. The summed E-state index contributed by atoms with van der Waals surface area (Å²) in [4.78, 5) is 14.4. The summed E-state index contributed by atoms with van der Waals surface area (Å²) >= 11 is 12.2. The molecule has 3 rings (SSSR count). The lowest BCUT2D eigenvalue weighted by atomic mass is 10.2. The van der Waals surface area contributed by atoms with Crippen molar-refractivity contribution >= 4 is 40.5 Å². The maximum Gasteiger partial charge on any atom is 0.262 e. The average molecular weight is 365 g/mol. The van der Waals surface area contributed by atoms with Crippen LogP contribution in [0.3, 0.4) is 0 Å². The van der Waals surface area contributed by atoms with Crippen molar-refractivity contribution in [3.63, 3.8) is 0 Å². The first-order chi connectivity index (χ1) is 11.6. The highest BCUT2D eigenvalue weighted by atomic mass is 35.5. The third-order valence-electron chi connectivity index (χ3n) is 3.87. The molecule has 0 radical (unpaired) electrons. The molecule has 0 atom stereocenters. The summed E-state index contributed by atoms with van der Waals surface area (Å²) in [5.74, 6) is 0.369. The molecule has 0 aromatic heterocycles. The molecule has 0 unspecified atom stereocenters. The molecule has 1 aliphatic heterocycles. The number of hydrogen-bond donors (Lipinski definition) is 1. The van der Waals surface area contributed by atoms with Gasteiger partial charge in [-0.15, -0.1) is 0 Å². The van der Waals surface area contributed by atoms with Gasteiger partial charge in [0.05, 0.1) is 16.4 Å². The van der Waals surface area contributed by atoms with E-state index in [2.05, 4.69) is 10.2 Å². The van der Waals surface area contributed by atoms with E-state index < -0.39 is 0 Å². The van der Waals surface area contributed by atoms with Gasteiger partial charge in [0.25, 0.3) is 5.91 Å². The van der Waals surface area contributed by atoms with Gasteiger partial charge in [0, 0.05) is 18.1 Å². The Balaban J connectivity index is 1.65. The van der Waals surface area contributed by atoms with Crippen LogP contribution in [-0.4, -0.2) is 25.6 Å². The Morgan fingerprint density at radius 1 is 1.08 bits per heavy atom. The van der Waals surface area contributed by atoms with Gasteiger partial charge in [-0.3, -0.25) is 4.79 Å². The second kappa shape index (κ2) is 7.77. The smallest absolute Gasteiger partial charge is 0.262 e. The lowest BCUT2D eigenvalue weighted by Crippen LogP contribution is -2.24. The van der Waals surface area contributed by atoms with Crippen LogP contribution in [0, 0.1) is 0 Å². The molecule has 0 saturated carbocycles. The maximum atomic E-state index is 12.2. The van der Waals surface area contributed by atoms with Crippen LogP contribution >= 0.6 is 23.2 Å². The van der Waals surface area contributed by atoms with Gasteiger partial charge >= 0.3 is 0 Å². The van der Waals surface area contributed by atoms with Crippen LogP contribution in [0.2, 0.25) is 10.0 Å². The predicted molar refractivity (Wildman–Crippen MR) is 98.5 cm³/mol. The second-order valence-electron chi connectivity index (χ2n) is 5.62. The van der Waals surface area contributed by atoms with Gasteiger partial charge in [0.2, 0.25) is 0 Å². The minimum atomic E-state index is -0.229. The summed E-state index contributed by atoms with van der Waals surface area (Å²) in [6.45, 7) is 1.83. The molecule has 2 aromatic rings. The number of nitrogens with one attached hydrogen (secondary N) is 1. The number of carbonyl (C=O) groups excluding carboxylic acids is 1. The lowest BCUT2D eigenvalue weighted by molar-refractivity contribution is -0.118. The van der Waals surface area contributed by atoms with Gasteiger partial charge in [-0.1, -0.05) is 29.3 Å². The van der Waals surface area contributed by atoms with Crippen molar-refractivity contribution in [2.24, 2.45) is 0 Å². The Labute approximate surface area is 151 Å². The average Bonchev–Trinajstić information content (AvgIpc) is 3.08. The van der Waals surface area contributed by atoms with E-state index in [0.717, 1.165) is 31.6 Å². The Morgan fingerprint density at radius 2 is 1.79 bits per heavy atom. The van der Waals surface area contributed by atoms with E-state index in [0.29, 0.717) is 21.5 Å². The van der Waals surface area contributed by atoms with E-state index in [9.17, 15) is 4.79 Å². The number of ether oxygens (including phenoxy) is 1. The first kappa shape index (κ1) is 16.9. The van der Waals surface area contributed by atoms with Gasteiger partial charge in [0.1, 0.15) is 5.75 Å². The zero-order chi connectivity index (χ0) is 16.9. The fourth-order valence-corrected chi connectivity index (χ4v) is 3.16. The van der Waals surface area contributed by atoms with Gasteiger partial charge in [0.15, 0.2) is 6.61 Å². The lowest BCUT2D eigenvalue weighted by Gasteiger charge is -2.23. The molecule has 1 aliphatic rings. The van der Waals surface area contributed by atoms with Crippen LogP contribution in [0.25, 0.3) is 0 Å². The molecule has 1 fully saturated rings. The molecule has 1 N–H and O–H groups in total. The molecule has 4 nitrogen and oxygen atoms in total. The van der Waals surface area contributed by atoms with Gasteiger partial charge in [-0.05, 0) is 49.2 Å². The largest absolute Gasteiger partial charge is 0.484 e. The van der Waals surface area contributed by atoms with Crippen molar-refractivity contribution in [1.29, 1.82) is 0 Å². The summed E-state index contributed by atoms with van der Waals surface area (Å²) in [7, 11) is 0. The van der Waals surface area contributed by atoms with E-state index in [-0.39, 0.29) is 12.5 Å². The van der Waals surface area contributed by atoms with Crippen LogP contribution in [0.1, 0.15) is 12.8 Å². The number of hydrogen-bond acceptors (Lipinski definition) is 3. The van der Waals surface area contributed by atoms with E-state index in [4.69, 9.17) is 27.9 Å². The van der Waals surface area contributed by atoms with E-state index in [1.165, 1.54) is 0 Å². The maximum absolute atomic E-state index is 12.2. The highest BCUT2D eigenvalue weighted by Gasteiger charge is 2.19. The minimum Gasteiger partial charge on any atom is -0.484 e. The number of nitrogens with zero attached hydrogens (tertiary/aromatic N) is 1. The number of anilines is 2. The highest BCUT2D eigenvalue weighted by molar-refractivity contribution is 6.34. The summed E-state index contributed by atoms with van der Waals surface area (Å²) in [5.41, 5.74) is 1.60. The molecule has 0 spiro atoms. The monoisotopic (exact) mass is 364 g/mol. The molecule has 1 saturated heterocycles. The summed E-state index contributed by atoms with van der Waals surface area (Å²) in [6.07, 6.45) is 2.27. The molecule has 0 aliphatic carbocycles. The van der Waals surface area contributed by atoms with Crippen LogP contribution in [0.15, 0.2) is 42.5 Å². The minimum absolute atomic E-state index is 0.0758. The standard InChI is InChI=1S/C18H18Cl2N2O2/c19-13-6-8-14(9-7-13)24-12-17(23)21-16-5-3-4-15(20)18(16)22-10-1-2-11-22/h3-9H,1-2,10-12H2,(H,21,23). The molecule has 2 aromatic carbocycles. The number of carbonyl (C=O) groups is 1. The SMILES string of the molecule is O=C(COc1ccc(Cl)cc1)Nc1cccc(Cl)c1N1CCCC1. The summed E-state index contributed by atoms with van der Waals surface area (Å²) < 4.78 is 5.47. The first-order valence-corrected chi connectivity index (χ1v) is 8.61. The molecular weight excluding hydrogens is 347 g/mol. The fourth-order valence-electron chi connectivity index (χ4n) is 2.74. The first-order valence-electron chi connectivity index (χ1n) is 7.85. The van der Waals surface area contributed by atoms with Crippen molar-refractivity contribution < 1.29 is 9.53 Å². The van der Waals surface area contributed by atoms with Gasteiger partial charge < -0.3 is 15.0 Å². The quantitative estimate of drug-likeness (QED) is 0.841. The van der Waals surface area contributed by atoms with E-state index in [1.807, 2.05) is 18.2 Å². The van der Waals surface area contributed by atoms with Crippen LogP contribution in [-0.2, 0) is 4.79 Å². The highest BCUT2D eigenvalue weighted by Crippen LogP contribution is 2.35. The van der Waals surface area contributed by atoms with Crippen molar-refractivity contribution in [2.75, 3.05) is 29.9 Å². The molecule has 1 amide bonds. The van der Waals surface area contributed by atoms with E-state index in [1.54, 1.807) is 24.3 Å². The van der Waals surface area contributed by atoms with Crippen LogP contribution in [0.4, 0.5) is 11.4 Å². The normalized spacial score (nSPS) is 13.8. The van der Waals surface area contributed by atoms with Crippen molar-refractivity contribution in [3.05, 3.63) is 52.5 Å². The molecule has 24 heavy (non-hydrogen) atoms. The van der Waals surface area contributed by atoms with Crippen molar-refractivity contribution in [1.82, 2.24) is 0 Å². The fraction of sp³-hybridized carbons (Fsp3) is 0.278. The molecule has 126 valence electrons. The molecule has 1 heterocycles. The van der Waals surface area contributed by atoms with Gasteiger partial charge in [-0.2, -0.15) is 0 Å². The Bertz CT molecular complexity index is 713. The predicted octanol–water partition coefficient (Wildman–Crippen LogP) is 4.61. The summed E-state index contributed by atoms with van der Waals surface area (Å²) in [6, 6.07) is 12.4. The zero-order valence-corrected chi connectivity index (χ0v) is 14.6. The molecule has 0 bridgehead atoms. The zero-order valence-electron chi connectivity index (χ0n) is 13.1. The number of rotatable bonds is 5. The van der Waals surface area contributed by atoms with Crippen LogP contribution in [0.5, 0.6) is 5.75 Å². The van der Waals surface area contributed by atoms with Crippen molar-refractivity contribution in [3.8, 4) is 5.75 Å².